The molecule has 8 nitrogen and oxygen atoms in total. The molecule has 0 saturated heterocycles. The van der Waals surface area contributed by atoms with Crippen LogP contribution >= 0.6 is 11.6 Å². The highest BCUT2D eigenvalue weighted by Gasteiger charge is 2.15. The minimum Gasteiger partial charge on any atom is -0.377 e. The van der Waals surface area contributed by atoms with E-state index in [-0.39, 0.29) is 30.7 Å². The first-order chi connectivity index (χ1) is 8.92. The number of nitrogens with two attached hydrogens (primary N) is 2. The Balaban J connectivity index is 3.05. The molecule has 4 N–H and O–H groups in total. The number of methoxy groups -OCH3 is 1. The first kappa shape index (κ1) is 15.1. The van der Waals surface area contributed by atoms with Crippen LogP contribution in [-0.4, -0.2) is 42.0 Å². The Morgan fingerprint density at radius 3 is 2.37 bits per heavy atom. The summed E-state index contributed by atoms with van der Waals surface area (Å²) in [7, 11) is 1.48. The Morgan fingerprint density at radius 1 is 1.32 bits per heavy atom. The molecule has 0 spiro atoms. The van der Waals surface area contributed by atoms with Crippen LogP contribution in [0.25, 0.3) is 0 Å². The Kier molecular flexibility index (Phi) is 5.46. The van der Waals surface area contributed by atoms with Crippen molar-refractivity contribution in [2.75, 3.05) is 25.1 Å². The number of carbonyl (C=O) groups is 2. The Morgan fingerprint density at radius 2 is 1.89 bits per heavy atom. The van der Waals surface area contributed by atoms with Gasteiger partial charge in [0, 0.05) is 13.2 Å². The molecule has 0 aromatic carbocycles. The van der Waals surface area contributed by atoms with Gasteiger partial charge in [0.2, 0.25) is 11.8 Å². The largest absolute Gasteiger partial charge is 0.377 e. The fourth-order valence-electron chi connectivity index (χ4n) is 1.40. The molecule has 1 aromatic rings. The monoisotopic (exact) mass is 287 g/mol. The van der Waals surface area contributed by atoms with Gasteiger partial charge in [0.15, 0.2) is 5.82 Å². The number of amides is 2. The smallest absolute Gasteiger partial charge is 0.237 e. The van der Waals surface area contributed by atoms with Crippen LogP contribution in [-0.2, 0) is 20.9 Å². The van der Waals surface area contributed by atoms with E-state index < -0.39 is 11.8 Å². The molecule has 104 valence electrons. The van der Waals surface area contributed by atoms with Crippen LogP contribution in [0.3, 0.4) is 0 Å². The number of nitrogens with zero attached hydrogens (tertiary/aromatic N) is 3. The molecule has 0 atom stereocenters. The molecule has 0 bridgehead atoms. The zero-order chi connectivity index (χ0) is 14.4. The molecule has 1 heterocycles. The highest BCUT2D eigenvalue weighted by molar-refractivity contribution is 6.29. The maximum atomic E-state index is 11.0. The number of primary amides is 2. The predicted molar refractivity (Wildman–Crippen MR) is 68.4 cm³/mol. The van der Waals surface area contributed by atoms with Crippen LogP contribution in [0.4, 0.5) is 5.82 Å². The molecule has 0 aliphatic carbocycles. The van der Waals surface area contributed by atoms with Gasteiger partial charge in [-0.05, 0) is 0 Å². The van der Waals surface area contributed by atoms with Gasteiger partial charge in [0.05, 0.1) is 13.1 Å². The van der Waals surface area contributed by atoms with Gasteiger partial charge in [0.1, 0.15) is 17.6 Å². The van der Waals surface area contributed by atoms with E-state index in [1.807, 2.05) is 0 Å². The molecule has 0 radical (unpaired) electrons. The molecular weight excluding hydrogens is 274 g/mol. The molecular formula is C10H14ClN5O3. The van der Waals surface area contributed by atoms with E-state index in [4.69, 9.17) is 27.8 Å². The number of halogens is 1. The summed E-state index contributed by atoms with van der Waals surface area (Å²) in [4.78, 5) is 31.3. The molecule has 1 rings (SSSR count). The first-order valence-electron chi connectivity index (χ1n) is 5.26. The molecule has 1 aromatic heterocycles. The van der Waals surface area contributed by atoms with Gasteiger partial charge in [-0.3, -0.25) is 9.59 Å². The second-order valence-corrected chi connectivity index (χ2v) is 4.07. The summed E-state index contributed by atoms with van der Waals surface area (Å²) < 4.78 is 4.89. The summed E-state index contributed by atoms with van der Waals surface area (Å²) in [5.41, 5.74) is 10.2. The Hall–Kier alpha value is -1.93. The second-order valence-electron chi connectivity index (χ2n) is 3.69. The lowest BCUT2D eigenvalue weighted by Crippen LogP contribution is -2.40. The van der Waals surface area contributed by atoms with E-state index in [1.165, 1.54) is 18.1 Å². The lowest BCUT2D eigenvalue weighted by atomic mass is 10.4. The number of anilines is 1. The minimum atomic E-state index is -0.621. The molecule has 0 aliphatic rings. The van der Waals surface area contributed by atoms with E-state index in [1.54, 1.807) is 0 Å². The highest BCUT2D eigenvalue weighted by Crippen LogP contribution is 2.16. The van der Waals surface area contributed by atoms with Crippen molar-refractivity contribution in [1.29, 1.82) is 0 Å². The van der Waals surface area contributed by atoms with Crippen LogP contribution < -0.4 is 16.4 Å². The maximum absolute atomic E-state index is 11.0. The average molecular weight is 288 g/mol. The van der Waals surface area contributed by atoms with Gasteiger partial charge in [-0.25, -0.2) is 9.97 Å². The number of aromatic nitrogens is 2. The molecule has 2 amide bonds. The van der Waals surface area contributed by atoms with Crippen LogP contribution in [0.5, 0.6) is 0 Å². The number of hydrogen-bond donors (Lipinski definition) is 2. The summed E-state index contributed by atoms with van der Waals surface area (Å²) in [5.74, 6) is -0.637. The third-order valence-corrected chi connectivity index (χ3v) is 2.21. The summed E-state index contributed by atoms with van der Waals surface area (Å²) in [6.45, 7) is -0.264. The second kappa shape index (κ2) is 6.86. The SMILES string of the molecule is COCc1nc(Cl)cc(N(CC(N)=O)CC(N)=O)n1. The molecule has 0 aliphatic heterocycles. The first-order valence-corrected chi connectivity index (χ1v) is 5.64. The van der Waals surface area contributed by atoms with Gasteiger partial charge in [0.25, 0.3) is 0 Å². The van der Waals surface area contributed by atoms with Gasteiger partial charge in [-0.15, -0.1) is 0 Å². The third kappa shape index (κ3) is 5.06. The molecule has 0 saturated carbocycles. The van der Waals surface area contributed by atoms with Gasteiger partial charge in [-0.2, -0.15) is 0 Å². The molecule has 0 fully saturated rings. The zero-order valence-corrected chi connectivity index (χ0v) is 11.1. The van der Waals surface area contributed by atoms with E-state index >= 15 is 0 Å². The molecule has 19 heavy (non-hydrogen) atoms. The average Bonchev–Trinajstić information content (AvgIpc) is 2.26. The van der Waals surface area contributed by atoms with E-state index in [0.717, 1.165) is 0 Å². The van der Waals surface area contributed by atoms with Crippen molar-refractivity contribution in [3.63, 3.8) is 0 Å². The van der Waals surface area contributed by atoms with Gasteiger partial charge in [-0.1, -0.05) is 11.6 Å². The van der Waals surface area contributed by atoms with Gasteiger partial charge < -0.3 is 21.1 Å². The number of ether oxygens (including phenoxy) is 1. The molecule has 0 unspecified atom stereocenters. The van der Waals surface area contributed by atoms with Gasteiger partial charge >= 0.3 is 0 Å². The van der Waals surface area contributed by atoms with Crippen molar-refractivity contribution in [1.82, 2.24) is 9.97 Å². The van der Waals surface area contributed by atoms with Crippen molar-refractivity contribution < 1.29 is 14.3 Å². The van der Waals surface area contributed by atoms with Crippen LogP contribution in [0.2, 0.25) is 5.15 Å². The molecule has 9 heteroatoms. The number of hydrogen-bond acceptors (Lipinski definition) is 6. The standard InChI is InChI=1S/C10H14ClN5O3/c1-19-5-9-14-6(11)2-10(15-9)16(3-7(12)17)4-8(13)18/h2H,3-5H2,1H3,(H2,12,17)(H2,13,18). The fourth-order valence-corrected chi connectivity index (χ4v) is 1.60. The number of carbonyl (C=O) groups excluding carboxylic acids is 2. The van der Waals surface area contributed by atoms with Crippen LogP contribution in [0.15, 0.2) is 6.07 Å². The van der Waals surface area contributed by atoms with Crippen molar-refractivity contribution in [3.05, 3.63) is 17.0 Å². The fraction of sp³-hybridized carbons (Fsp3) is 0.400. The van der Waals surface area contributed by atoms with E-state index in [2.05, 4.69) is 9.97 Å². The van der Waals surface area contributed by atoms with E-state index in [9.17, 15) is 9.59 Å². The van der Waals surface area contributed by atoms with Crippen molar-refractivity contribution in [2.24, 2.45) is 11.5 Å². The predicted octanol–water partition coefficient (Wildman–Crippen LogP) is -0.947. The van der Waals surface area contributed by atoms with Crippen LogP contribution in [0, 0.1) is 0 Å². The summed E-state index contributed by atoms with van der Waals surface area (Å²) in [6.07, 6.45) is 0. The Bertz CT molecular complexity index is 466. The highest BCUT2D eigenvalue weighted by atomic mass is 35.5. The van der Waals surface area contributed by atoms with Crippen LogP contribution in [0.1, 0.15) is 5.82 Å². The topological polar surface area (TPSA) is 124 Å². The zero-order valence-electron chi connectivity index (χ0n) is 10.3. The maximum Gasteiger partial charge on any atom is 0.237 e. The van der Waals surface area contributed by atoms with Crippen molar-refractivity contribution in [3.8, 4) is 0 Å². The summed E-state index contributed by atoms with van der Waals surface area (Å²) in [5, 5.41) is 0.163. The number of rotatable bonds is 7. The lowest BCUT2D eigenvalue weighted by Gasteiger charge is -2.20. The quantitative estimate of drug-likeness (QED) is 0.623. The van der Waals surface area contributed by atoms with Crippen molar-refractivity contribution in [2.45, 2.75) is 6.61 Å². The van der Waals surface area contributed by atoms with Crippen molar-refractivity contribution >= 4 is 29.2 Å². The van der Waals surface area contributed by atoms with E-state index in [0.29, 0.717) is 5.82 Å². The Labute approximate surface area is 114 Å². The summed E-state index contributed by atoms with van der Waals surface area (Å²) in [6, 6.07) is 1.41. The summed E-state index contributed by atoms with van der Waals surface area (Å²) >= 11 is 5.84. The lowest BCUT2D eigenvalue weighted by molar-refractivity contribution is -0.117. The third-order valence-electron chi connectivity index (χ3n) is 2.02. The minimum absolute atomic E-state index is 0.147. The normalized spacial score (nSPS) is 10.2.